The van der Waals surface area contributed by atoms with Gasteiger partial charge in [-0.15, -0.1) is 0 Å². The number of hydrogen-bond acceptors (Lipinski definition) is 4. The van der Waals surface area contributed by atoms with Crippen molar-refractivity contribution in [2.24, 2.45) is 5.73 Å². The lowest BCUT2D eigenvalue weighted by Gasteiger charge is -2.20. The monoisotopic (exact) mass is 280 g/mol. The highest BCUT2D eigenvalue weighted by Gasteiger charge is 2.19. The maximum atomic E-state index is 11.4. The Morgan fingerprint density at radius 3 is 2.60 bits per heavy atom. The fraction of sp³-hybridized carbons (Fsp3) is 0.533. The molecule has 112 valence electrons. The van der Waals surface area contributed by atoms with E-state index in [0.717, 1.165) is 5.56 Å². The van der Waals surface area contributed by atoms with E-state index < -0.39 is 12.0 Å². The van der Waals surface area contributed by atoms with Gasteiger partial charge in [0.25, 0.3) is 5.91 Å². The molecule has 0 aliphatic carbocycles. The number of para-hydroxylation sites is 1. The third kappa shape index (κ3) is 4.42. The topological polar surface area (TPSA) is 73.6 Å². The van der Waals surface area contributed by atoms with Crippen molar-refractivity contribution >= 4 is 5.91 Å². The number of amides is 1. The van der Waals surface area contributed by atoms with Crippen LogP contribution in [0.4, 0.5) is 0 Å². The Bertz CT molecular complexity index is 447. The SMILES string of the molecule is CCC(Oc1c(CNC(C)C)cccc1OC)C(N)=O. The standard InChI is InChI=1S/C15H24N2O3/c1-5-12(15(16)18)20-14-11(9-17-10(2)3)7-6-8-13(14)19-4/h6-8,10,12,17H,5,9H2,1-4H3,(H2,16,18). The maximum absolute atomic E-state index is 11.4. The molecule has 0 saturated carbocycles. The normalized spacial score (nSPS) is 12.2. The van der Waals surface area contributed by atoms with Crippen LogP contribution in [0.25, 0.3) is 0 Å². The van der Waals surface area contributed by atoms with Crippen molar-refractivity contribution in [1.82, 2.24) is 5.32 Å². The van der Waals surface area contributed by atoms with Crippen molar-refractivity contribution in [2.45, 2.75) is 45.9 Å². The molecule has 1 rings (SSSR count). The average Bonchev–Trinajstić information content (AvgIpc) is 2.42. The minimum Gasteiger partial charge on any atom is -0.493 e. The first-order valence-corrected chi connectivity index (χ1v) is 6.84. The Morgan fingerprint density at radius 2 is 2.10 bits per heavy atom. The molecule has 0 spiro atoms. The van der Waals surface area contributed by atoms with Gasteiger partial charge in [-0.3, -0.25) is 4.79 Å². The lowest BCUT2D eigenvalue weighted by molar-refractivity contribution is -0.124. The molecule has 1 aromatic carbocycles. The van der Waals surface area contributed by atoms with Crippen molar-refractivity contribution in [3.8, 4) is 11.5 Å². The van der Waals surface area contributed by atoms with E-state index in [2.05, 4.69) is 19.2 Å². The lowest BCUT2D eigenvalue weighted by atomic mass is 10.1. The summed E-state index contributed by atoms with van der Waals surface area (Å²) in [5.74, 6) is 0.711. The van der Waals surface area contributed by atoms with Gasteiger partial charge in [0.1, 0.15) is 0 Å². The summed E-state index contributed by atoms with van der Waals surface area (Å²) in [7, 11) is 1.58. The van der Waals surface area contributed by atoms with Crippen LogP contribution in [0.3, 0.4) is 0 Å². The molecule has 3 N–H and O–H groups in total. The fourth-order valence-electron chi connectivity index (χ4n) is 1.79. The summed E-state index contributed by atoms with van der Waals surface area (Å²) in [5, 5.41) is 3.32. The Kier molecular flexibility index (Phi) is 6.31. The van der Waals surface area contributed by atoms with E-state index in [9.17, 15) is 4.79 Å². The first kappa shape index (κ1) is 16.3. The van der Waals surface area contributed by atoms with Crippen LogP contribution in [-0.2, 0) is 11.3 Å². The molecule has 20 heavy (non-hydrogen) atoms. The molecular weight excluding hydrogens is 256 g/mol. The molecule has 1 amide bonds. The molecule has 0 heterocycles. The van der Waals surface area contributed by atoms with Crippen LogP contribution in [-0.4, -0.2) is 25.2 Å². The zero-order chi connectivity index (χ0) is 15.1. The van der Waals surface area contributed by atoms with Gasteiger partial charge in [-0.25, -0.2) is 0 Å². The van der Waals surface area contributed by atoms with Crippen LogP contribution < -0.4 is 20.5 Å². The summed E-state index contributed by atoms with van der Waals surface area (Å²) in [6.07, 6.45) is -0.131. The van der Waals surface area contributed by atoms with E-state index >= 15 is 0 Å². The number of carbonyl (C=O) groups is 1. The van der Waals surface area contributed by atoms with Crippen LogP contribution in [0.15, 0.2) is 18.2 Å². The average molecular weight is 280 g/mol. The molecule has 0 aromatic heterocycles. The Balaban J connectivity index is 3.02. The number of carbonyl (C=O) groups excluding carboxylic acids is 1. The van der Waals surface area contributed by atoms with Crippen molar-refractivity contribution in [3.63, 3.8) is 0 Å². The summed E-state index contributed by atoms with van der Waals surface area (Å²) in [4.78, 5) is 11.4. The van der Waals surface area contributed by atoms with Crippen LogP contribution in [0.2, 0.25) is 0 Å². The Labute approximate surface area is 120 Å². The third-order valence-corrected chi connectivity index (χ3v) is 2.93. The van der Waals surface area contributed by atoms with Gasteiger partial charge in [0.15, 0.2) is 17.6 Å². The fourth-order valence-corrected chi connectivity index (χ4v) is 1.79. The second-order valence-corrected chi connectivity index (χ2v) is 4.90. The van der Waals surface area contributed by atoms with Crippen molar-refractivity contribution < 1.29 is 14.3 Å². The molecule has 1 unspecified atom stereocenters. The van der Waals surface area contributed by atoms with Crippen molar-refractivity contribution in [3.05, 3.63) is 23.8 Å². The maximum Gasteiger partial charge on any atom is 0.258 e. The molecule has 0 aliphatic rings. The van der Waals surface area contributed by atoms with Crippen LogP contribution in [0, 0.1) is 0 Å². The van der Waals surface area contributed by atoms with Gasteiger partial charge >= 0.3 is 0 Å². The van der Waals surface area contributed by atoms with Gasteiger partial charge in [0.2, 0.25) is 0 Å². The van der Waals surface area contributed by atoms with E-state index in [1.54, 1.807) is 7.11 Å². The summed E-state index contributed by atoms with van der Waals surface area (Å²) in [6.45, 7) is 6.63. The minimum atomic E-state index is -0.649. The third-order valence-electron chi connectivity index (χ3n) is 2.93. The molecule has 1 atom stereocenters. The molecule has 0 aliphatic heterocycles. The first-order valence-electron chi connectivity index (χ1n) is 6.84. The summed E-state index contributed by atoms with van der Waals surface area (Å²) in [5.41, 5.74) is 6.28. The number of nitrogens with two attached hydrogens (primary N) is 1. The summed E-state index contributed by atoms with van der Waals surface area (Å²) >= 11 is 0. The number of nitrogens with one attached hydrogen (secondary N) is 1. The quantitative estimate of drug-likeness (QED) is 0.762. The lowest BCUT2D eigenvalue weighted by Crippen LogP contribution is -2.33. The highest BCUT2D eigenvalue weighted by molar-refractivity contribution is 5.79. The van der Waals surface area contributed by atoms with E-state index in [0.29, 0.717) is 30.5 Å². The second kappa shape index (κ2) is 7.75. The molecule has 1 aromatic rings. The number of rotatable bonds is 8. The van der Waals surface area contributed by atoms with Crippen molar-refractivity contribution in [1.29, 1.82) is 0 Å². The molecule has 0 fully saturated rings. The number of hydrogen-bond donors (Lipinski definition) is 2. The van der Waals surface area contributed by atoms with Crippen molar-refractivity contribution in [2.75, 3.05) is 7.11 Å². The largest absolute Gasteiger partial charge is 0.493 e. The van der Waals surface area contributed by atoms with Crippen LogP contribution in [0.1, 0.15) is 32.8 Å². The Hall–Kier alpha value is -1.75. The van der Waals surface area contributed by atoms with Crippen LogP contribution >= 0.6 is 0 Å². The highest BCUT2D eigenvalue weighted by Crippen LogP contribution is 2.32. The van der Waals surface area contributed by atoms with E-state index in [-0.39, 0.29) is 0 Å². The van der Waals surface area contributed by atoms with Gasteiger partial charge in [-0.1, -0.05) is 32.9 Å². The smallest absolute Gasteiger partial charge is 0.258 e. The number of methoxy groups -OCH3 is 1. The van der Waals surface area contributed by atoms with E-state index in [4.69, 9.17) is 15.2 Å². The molecule has 5 heteroatoms. The first-order chi connectivity index (χ1) is 9.49. The van der Waals surface area contributed by atoms with Crippen LogP contribution in [0.5, 0.6) is 11.5 Å². The molecule has 0 saturated heterocycles. The predicted molar refractivity (Wildman–Crippen MR) is 78.9 cm³/mol. The van der Waals surface area contributed by atoms with E-state index in [1.165, 1.54) is 0 Å². The zero-order valence-corrected chi connectivity index (χ0v) is 12.6. The number of ether oxygens (including phenoxy) is 2. The van der Waals surface area contributed by atoms with Gasteiger partial charge in [-0.2, -0.15) is 0 Å². The summed E-state index contributed by atoms with van der Waals surface area (Å²) < 4.78 is 11.1. The molecule has 0 radical (unpaired) electrons. The van der Waals surface area contributed by atoms with Gasteiger partial charge in [-0.05, 0) is 12.5 Å². The second-order valence-electron chi connectivity index (χ2n) is 4.90. The molecule has 5 nitrogen and oxygen atoms in total. The highest BCUT2D eigenvalue weighted by atomic mass is 16.5. The Morgan fingerprint density at radius 1 is 1.40 bits per heavy atom. The van der Waals surface area contributed by atoms with Gasteiger partial charge in [0, 0.05) is 18.2 Å². The van der Waals surface area contributed by atoms with Gasteiger partial charge < -0.3 is 20.5 Å². The van der Waals surface area contributed by atoms with E-state index in [1.807, 2.05) is 25.1 Å². The summed E-state index contributed by atoms with van der Waals surface area (Å²) in [6, 6.07) is 6.00. The number of benzene rings is 1. The van der Waals surface area contributed by atoms with Gasteiger partial charge in [0.05, 0.1) is 7.11 Å². The predicted octanol–water partition coefficient (Wildman–Crippen LogP) is 1.84. The number of primary amides is 1. The minimum absolute atomic E-state index is 0.354. The zero-order valence-electron chi connectivity index (χ0n) is 12.6. The molecular formula is C15H24N2O3. The molecule has 0 bridgehead atoms.